The second kappa shape index (κ2) is 34.5. The van der Waals surface area contributed by atoms with Crippen LogP contribution < -0.4 is 0 Å². The van der Waals surface area contributed by atoms with Gasteiger partial charge in [0.25, 0.3) is 23.6 Å². The number of carbonyl (C=O) groups is 4. The highest BCUT2D eigenvalue weighted by atomic mass is 79.9. The SMILES string of the molecule is C.CC(C)(C)[Si](C)(C)Cl.CCCCN(CCCC)C(=O)c1cc(C)n(-c2ccc(Br)cc2C(=O)N2Cc3ccccc3C[C@H]2CO)n1.CCCCN(CCCC)C(=O)c1cc(C)n(-c2ccc(Br)cc2C(=O)N2Cc3ccccc3C[C@H]2CO[Si](C)(C)C(C)(C)C)n1. The van der Waals surface area contributed by atoms with Crippen LogP contribution in [-0.4, -0.2) is 135 Å². The number of hydrogen-bond acceptors (Lipinski definition) is 8. The van der Waals surface area contributed by atoms with Gasteiger partial charge in [-0.2, -0.15) is 21.3 Å². The van der Waals surface area contributed by atoms with Gasteiger partial charge in [0.1, 0.15) is 0 Å². The molecule has 0 saturated carbocycles. The number of aliphatic hydroxyl groups is 1. The van der Waals surface area contributed by atoms with E-state index in [4.69, 9.17) is 25.7 Å². The lowest BCUT2D eigenvalue weighted by Crippen LogP contribution is -2.50. The van der Waals surface area contributed by atoms with Gasteiger partial charge in [0.2, 0.25) is 0 Å². The van der Waals surface area contributed by atoms with Gasteiger partial charge in [-0.3, -0.25) is 19.2 Å². The maximum absolute atomic E-state index is 14.6. The summed E-state index contributed by atoms with van der Waals surface area (Å²) in [4.78, 5) is 63.2. The second-order valence-electron chi connectivity index (χ2n) is 27.6. The first-order valence-corrected chi connectivity index (χ1v) is 41.4. The predicted molar refractivity (Wildman–Crippen MR) is 391 cm³/mol. The number of benzene rings is 4. The molecule has 4 aromatic carbocycles. The predicted octanol–water partition coefficient (Wildman–Crippen LogP) is 18.0. The Morgan fingerprint density at radius 1 is 0.576 bits per heavy atom. The summed E-state index contributed by atoms with van der Waals surface area (Å²) in [6, 6.07) is 30.9. The molecule has 2 aliphatic rings. The normalized spacial score (nSPS) is 14.8. The summed E-state index contributed by atoms with van der Waals surface area (Å²) in [5.41, 5.74) is 9.34. The van der Waals surface area contributed by atoms with E-state index in [0.717, 1.165) is 108 Å². The Hall–Kier alpha value is -5.22. The van der Waals surface area contributed by atoms with Crippen LogP contribution in [-0.2, 0) is 30.4 Å². The van der Waals surface area contributed by atoms with E-state index in [9.17, 15) is 24.3 Å². The fourth-order valence-corrected chi connectivity index (χ4v) is 12.3. The second-order valence-corrected chi connectivity index (χ2v) is 41.5. The number of aliphatic hydroxyl groups excluding tert-OH is 1. The summed E-state index contributed by atoms with van der Waals surface area (Å²) < 4.78 is 11.7. The Kier molecular flexibility index (Phi) is 29.0. The third kappa shape index (κ3) is 19.9. The molecule has 0 radical (unpaired) electrons. The molecular formula is C73H107Br2ClN8O6Si2. The number of rotatable bonds is 22. The number of aromatic nitrogens is 4. The van der Waals surface area contributed by atoms with Crippen LogP contribution in [0.5, 0.6) is 0 Å². The molecule has 6 aromatic rings. The summed E-state index contributed by atoms with van der Waals surface area (Å²) in [5.74, 6) is -0.379. The molecule has 0 unspecified atom stereocenters. The summed E-state index contributed by atoms with van der Waals surface area (Å²) in [6.45, 7) is 38.7. The average Bonchev–Trinajstić information content (AvgIpc) is 1.24. The van der Waals surface area contributed by atoms with Crippen molar-refractivity contribution in [3.63, 3.8) is 0 Å². The minimum atomic E-state index is -2.03. The van der Waals surface area contributed by atoms with Crippen LogP contribution in [0.25, 0.3) is 11.4 Å². The fraction of sp³-hybridized carbons (Fsp3) is 0.534. The van der Waals surface area contributed by atoms with Crippen LogP contribution in [0.15, 0.2) is 106 Å². The number of amides is 4. The van der Waals surface area contributed by atoms with Gasteiger partial charge in [-0.1, -0.05) is 196 Å². The highest BCUT2D eigenvalue weighted by Gasteiger charge is 2.40. The van der Waals surface area contributed by atoms with Crippen LogP contribution in [0.4, 0.5) is 0 Å². The van der Waals surface area contributed by atoms with Crippen molar-refractivity contribution in [1.29, 1.82) is 0 Å². The molecular weight excluding hydrogens is 1340 g/mol. The van der Waals surface area contributed by atoms with E-state index in [0.29, 0.717) is 78.1 Å². The molecule has 14 nitrogen and oxygen atoms in total. The maximum atomic E-state index is 14.6. The summed E-state index contributed by atoms with van der Waals surface area (Å²) in [5, 5.41) is 20.1. The molecule has 1 N–H and O–H groups in total. The van der Waals surface area contributed by atoms with Crippen molar-refractivity contribution in [2.75, 3.05) is 39.4 Å². The van der Waals surface area contributed by atoms with Gasteiger partial charge in [0.15, 0.2) is 27.1 Å². The number of fused-ring (bicyclic) bond motifs is 2. The third-order valence-corrected chi connectivity index (χ3v) is 29.2. The summed E-state index contributed by atoms with van der Waals surface area (Å²) >= 11 is 13.3. The topological polar surface area (TPSA) is 146 Å². The Labute approximate surface area is 575 Å². The number of aryl methyl sites for hydroxylation is 2. The van der Waals surface area contributed by atoms with Crippen molar-refractivity contribution in [3.05, 3.63) is 162 Å². The molecule has 4 heterocycles. The number of hydrogen-bond donors (Lipinski definition) is 1. The van der Waals surface area contributed by atoms with Gasteiger partial charge in [-0.15, -0.1) is 0 Å². The smallest absolute Gasteiger partial charge is 0.274 e. The lowest BCUT2D eigenvalue weighted by molar-refractivity contribution is 0.0542. The van der Waals surface area contributed by atoms with Gasteiger partial charge >= 0.3 is 0 Å². The van der Waals surface area contributed by atoms with Gasteiger partial charge in [-0.05, 0) is 146 Å². The quantitative estimate of drug-likeness (QED) is 0.0522. The minimum absolute atomic E-state index is 0. The molecule has 504 valence electrons. The molecule has 0 bridgehead atoms. The Balaban J connectivity index is 0.000000298. The molecule has 0 saturated heterocycles. The molecule has 2 aliphatic heterocycles. The molecule has 8 rings (SSSR count). The molecule has 92 heavy (non-hydrogen) atoms. The van der Waals surface area contributed by atoms with E-state index in [1.54, 1.807) is 26.4 Å². The van der Waals surface area contributed by atoms with Gasteiger partial charge in [0.05, 0.1) is 47.8 Å². The van der Waals surface area contributed by atoms with Crippen molar-refractivity contribution >= 4 is 82.3 Å². The van der Waals surface area contributed by atoms with E-state index in [1.807, 2.05) is 89.2 Å². The first kappa shape index (κ1) is 77.5. The first-order chi connectivity index (χ1) is 42.9. The molecule has 2 atom stereocenters. The van der Waals surface area contributed by atoms with E-state index < -0.39 is 15.7 Å². The molecule has 2 aromatic heterocycles. The standard InChI is InChI=1S/C36H51BrN4O3Si.C30H37BrN4O3.C6H15ClSi.CH4/c1-9-11-19-39(20-12-10-2)35(43)32-21-26(3)41(38-32)33-18-17-29(37)23-31(33)34(42)40-24-28-16-14-13-15-27(28)22-30(40)25-44-45(7,8)36(4,5)6;1-4-6-14-33(15-7-5-2)30(38)27-16-21(3)35(32-27)28-13-12-24(31)18-26(28)29(37)34-19-23-11-9-8-10-22(23)17-25(34)20-36;1-6(2,3)8(4,5)7;/h13-18,21,23,30H,9-12,19-20,22,24-25H2,1-8H3;8-13,16,18,25,36H,4-7,14-15,17,19-20H2,1-3H3;1-5H3;1H4/t30-;25-;;/m00../s1. The van der Waals surface area contributed by atoms with Crippen LogP contribution in [0.3, 0.4) is 0 Å². The summed E-state index contributed by atoms with van der Waals surface area (Å²) in [7, 11) is -3.42. The first-order valence-electron chi connectivity index (χ1n) is 32.9. The maximum Gasteiger partial charge on any atom is 0.274 e. The lowest BCUT2D eigenvalue weighted by Gasteiger charge is -2.41. The number of unbranched alkanes of at least 4 members (excludes halogenated alkanes) is 4. The van der Waals surface area contributed by atoms with Gasteiger partial charge in [-0.25, -0.2) is 9.36 Å². The number of nitrogens with zero attached hydrogens (tertiary/aromatic N) is 8. The van der Waals surface area contributed by atoms with Crippen molar-refractivity contribution in [2.24, 2.45) is 0 Å². The van der Waals surface area contributed by atoms with Gasteiger partial charge in [0, 0.05) is 59.6 Å². The Morgan fingerprint density at radius 2 is 0.924 bits per heavy atom. The van der Waals surface area contributed by atoms with Crippen molar-refractivity contribution in [3.8, 4) is 11.4 Å². The van der Waals surface area contributed by atoms with E-state index in [-0.39, 0.29) is 54.8 Å². The Bertz CT molecular complexity index is 3390. The molecule has 0 spiro atoms. The van der Waals surface area contributed by atoms with E-state index in [1.165, 1.54) is 5.56 Å². The molecule has 19 heteroatoms. The zero-order valence-corrected chi connectivity index (χ0v) is 63.2. The zero-order valence-electron chi connectivity index (χ0n) is 57.3. The molecule has 0 fully saturated rings. The van der Waals surface area contributed by atoms with Crippen LogP contribution >= 0.6 is 42.9 Å². The zero-order chi connectivity index (χ0) is 67.2. The number of carbonyl (C=O) groups excluding carboxylic acids is 4. The fourth-order valence-electron chi connectivity index (χ4n) is 10.5. The highest BCUT2D eigenvalue weighted by molar-refractivity contribution is 9.10. The number of halogens is 3. The van der Waals surface area contributed by atoms with Gasteiger partial charge < -0.3 is 29.1 Å². The third-order valence-electron chi connectivity index (χ3n) is 18.4. The minimum Gasteiger partial charge on any atom is -0.415 e. The molecule has 0 aliphatic carbocycles. The van der Waals surface area contributed by atoms with Crippen molar-refractivity contribution in [1.82, 2.24) is 39.2 Å². The summed E-state index contributed by atoms with van der Waals surface area (Å²) in [6.07, 6.45) is 9.24. The van der Waals surface area contributed by atoms with Crippen LogP contribution in [0.1, 0.15) is 203 Å². The highest BCUT2D eigenvalue weighted by Crippen LogP contribution is 2.39. The Morgan fingerprint density at radius 3 is 1.26 bits per heavy atom. The average molecular weight is 1440 g/mol. The van der Waals surface area contributed by atoms with Crippen molar-refractivity contribution in [2.45, 2.75) is 216 Å². The van der Waals surface area contributed by atoms with E-state index in [2.05, 4.69) is 152 Å². The monoisotopic (exact) mass is 1440 g/mol. The molecule has 4 amide bonds. The van der Waals surface area contributed by atoms with Crippen LogP contribution in [0.2, 0.25) is 36.3 Å². The van der Waals surface area contributed by atoms with Crippen LogP contribution in [0, 0.1) is 13.8 Å². The lowest BCUT2D eigenvalue weighted by atomic mass is 9.93. The largest absolute Gasteiger partial charge is 0.415 e. The van der Waals surface area contributed by atoms with E-state index >= 15 is 0 Å². The van der Waals surface area contributed by atoms with Crippen molar-refractivity contribution < 1.29 is 28.7 Å².